The van der Waals surface area contributed by atoms with E-state index in [4.69, 9.17) is 0 Å². The molecule has 5 aromatic rings. The van der Waals surface area contributed by atoms with Crippen LogP contribution in [0.15, 0.2) is 24.3 Å². The van der Waals surface area contributed by atoms with Crippen LogP contribution in [-0.2, 0) is 23.7 Å². The zero-order chi connectivity index (χ0) is 50.4. The average Bonchev–Trinajstić information content (AvgIpc) is 4.22. The Bertz CT molecular complexity index is 2100. The highest BCUT2D eigenvalue weighted by Crippen LogP contribution is 2.66. The summed E-state index contributed by atoms with van der Waals surface area (Å²) in [5.74, 6) is 0. The van der Waals surface area contributed by atoms with E-state index in [1.807, 2.05) is 0 Å². The van der Waals surface area contributed by atoms with Gasteiger partial charge in [-0.1, -0.05) is 260 Å². The minimum absolute atomic E-state index is 0.128. The number of unbranched alkanes of at least 4 members (excludes halogenated alkanes) is 30. The molecule has 0 spiro atoms. The largest absolute Gasteiger partial charge is 0.139 e. The second-order valence-electron chi connectivity index (χ2n) is 23.6. The van der Waals surface area contributed by atoms with Gasteiger partial charge in [0.25, 0.3) is 0 Å². The zero-order valence-electron chi connectivity index (χ0n) is 47.6. The van der Waals surface area contributed by atoms with Gasteiger partial charge in [0.05, 0.1) is 9.40 Å². The number of fused-ring (bicyclic) bond motifs is 10. The molecule has 2 aliphatic rings. The highest BCUT2D eigenvalue weighted by atomic mass is 32.1. The van der Waals surface area contributed by atoms with Crippen molar-refractivity contribution in [1.29, 1.82) is 0 Å². The smallest absolute Gasteiger partial charge is 0.0501 e. The highest BCUT2D eigenvalue weighted by molar-refractivity contribution is 7.30. The maximum atomic E-state index is 2.92. The monoisotopic (exact) mass is 1050 g/mol. The lowest BCUT2D eigenvalue weighted by Gasteiger charge is -2.35. The molecule has 4 heteroatoms. The van der Waals surface area contributed by atoms with E-state index < -0.39 is 0 Å². The number of hydrogen-bond acceptors (Lipinski definition) is 4. The number of aryl methyl sites for hydroxylation is 2. The molecule has 0 saturated heterocycles. The molecule has 0 aliphatic heterocycles. The van der Waals surface area contributed by atoms with Crippen molar-refractivity contribution in [3.63, 3.8) is 0 Å². The molecule has 0 unspecified atom stereocenters. The third kappa shape index (κ3) is 14.6. The van der Waals surface area contributed by atoms with Gasteiger partial charge in [0.15, 0.2) is 0 Å². The summed E-state index contributed by atoms with van der Waals surface area (Å²) in [4.78, 5) is 6.70. The van der Waals surface area contributed by atoms with Crippen LogP contribution in [0, 0.1) is 0 Å². The average molecular weight is 1050 g/mol. The molecule has 0 nitrogen and oxygen atoms in total. The summed E-state index contributed by atoms with van der Waals surface area (Å²) in [6.07, 6.45) is 57.8. The van der Waals surface area contributed by atoms with Crippen molar-refractivity contribution in [3.05, 3.63) is 56.3 Å². The van der Waals surface area contributed by atoms with Gasteiger partial charge in [0.1, 0.15) is 0 Å². The molecular weight excluding hydrogens is 945 g/mol. The zero-order valence-corrected chi connectivity index (χ0v) is 50.9. The van der Waals surface area contributed by atoms with E-state index in [9.17, 15) is 0 Å². The molecule has 0 atom stereocenters. The molecule has 4 aromatic heterocycles. The van der Waals surface area contributed by atoms with Crippen LogP contribution in [-0.4, -0.2) is 0 Å². The first-order chi connectivity index (χ1) is 35.5. The molecule has 2 aliphatic carbocycles. The molecule has 72 heavy (non-hydrogen) atoms. The Labute approximate surface area is 460 Å². The fourth-order valence-electron chi connectivity index (χ4n) is 13.7. The Hall–Kier alpha value is -1.46. The minimum atomic E-state index is 0.128. The lowest BCUT2D eigenvalue weighted by atomic mass is 9.68. The normalized spacial score (nSPS) is 14.3. The first kappa shape index (κ1) is 58.2. The van der Waals surface area contributed by atoms with E-state index in [1.54, 1.807) is 71.7 Å². The first-order valence-electron chi connectivity index (χ1n) is 31.8. The van der Waals surface area contributed by atoms with Gasteiger partial charge in [-0.15, -0.1) is 45.3 Å². The van der Waals surface area contributed by atoms with Crippen LogP contribution in [0.1, 0.15) is 330 Å². The lowest BCUT2D eigenvalue weighted by molar-refractivity contribution is 0.400. The van der Waals surface area contributed by atoms with Gasteiger partial charge >= 0.3 is 0 Å². The summed E-state index contributed by atoms with van der Waals surface area (Å²) in [6, 6.07) is 11.2. The van der Waals surface area contributed by atoms with Crippen LogP contribution >= 0.6 is 45.3 Å². The molecule has 0 bridgehead atoms. The standard InChI is InChI=1S/C68H106S4/c1-7-13-19-25-27-29-31-33-35-37-43-53-49-59-65(69-53)61-63(71-59)55-51-58-56(52-57(55)67(61,45-39-21-15-9-3)46-40-22-16-10-4)64-62(68(58,47-41-23-17-11-5)48-42-24-18-12-6)66-60(72-64)50-54(70-66)44-38-36-34-32-30-28-26-20-14-8-2/h49-52H,7-48H2,1-6H3. The molecule has 0 saturated carbocycles. The quantitative estimate of drug-likeness (QED) is 0.0342. The maximum absolute atomic E-state index is 2.92. The topological polar surface area (TPSA) is 0 Å². The molecular formula is C68H106S4. The van der Waals surface area contributed by atoms with Gasteiger partial charge in [0, 0.05) is 39.7 Å². The SMILES string of the molecule is CCCCCCCCCCCCc1cc2sc3c(c2s1)C(CCCCCC)(CCCCCC)c1cc2c(cc1-3)C(CCCCCC)(CCCCCC)c1c-2sc2cc(CCCCCCCCCCCC)sc12. The minimum Gasteiger partial charge on any atom is -0.139 e. The van der Waals surface area contributed by atoms with E-state index in [0.717, 1.165) is 0 Å². The van der Waals surface area contributed by atoms with E-state index in [-0.39, 0.29) is 10.8 Å². The van der Waals surface area contributed by atoms with Gasteiger partial charge < -0.3 is 0 Å². The third-order valence-electron chi connectivity index (χ3n) is 17.8. The number of rotatable bonds is 42. The third-order valence-corrected chi connectivity index (χ3v) is 22.9. The summed E-state index contributed by atoms with van der Waals surface area (Å²) in [5.41, 5.74) is 10.7. The number of benzene rings is 1. The van der Waals surface area contributed by atoms with Crippen molar-refractivity contribution >= 4 is 64.1 Å². The van der Waals surface area contributed by atoms with Crippen molar-refractivity contribution < 1.29 is 0 Å². The molecule has 0 N–H and O–H groups in total. The van der Waals surface area contributed by atoms with Crippen molar-refractivity contribution in [1.82, 2.24) is 0 Å². The van der Waals surface area contributed by atoms with Crippen molar-refractivity contribution in [2.75, 3.05) is 0 Å². The van der Waals surface area contributed by atoms with E-state index in [0.29, 0.717) is 0 Å². The predicted octanol–water partition coefficient (Wildman–Crippen LogP) is 25.6. The first-order valence-corrected chi connectivity index (χ1v) is 35.1. The molecule has 7 rings (SSSR count). The Morgan fingerprint density at radius 2 is 0.556 bits per heavy atom. The fourth-order valence-corrected chi connectivity index (χ4v) is 19.5. The van der Waals surface area contributed by atoms with Crippen molar-refractivity contribution in [2.24, 2.45) is 0 Å². The lowest BCUT2D eigenvalue weighted by Crippen LogP contribution is -2.27. The van der Waals surface area contributed by atoms with Crippen LogP contribution in [0.4, 0.5) is 0 Å². The van der Waals surface area contributed by atoms with Crippen LogP contribution in [0.2, 0.25) is 0 Å². The second-order valence-corrected chi connectivity index (χ2v) is 28.0. The molecule has 0 fully saturated rings. The van der Waals surface area contributed by atoms with Crippen LogP contribution in [0.5, 0.6) is 0 Å². The summed E-state index contributed by atoms with van der Waals surface area (Å²) in [6.45, 7) is 14.3. The van der Waals surface area contributed by atoms with Crippen LogP contribution in [0.3, 0.4) is 0 Å². The summed E-state index contributed by atoms with van der Waals surface area (Å²) in [5, 5.41) is 0. The Morgan fingerprint density at radius 3 is 0.847 bits per heavy atom. The molecule has 4 heterocycles. The van der Waals surface area contributed by atoms with Crippen molar-refractivity contribution in [3.8, 4) is 20.9 Å². The number of thiophene rings is 4. The summed E-state index contributed by atoms with van der Waals surface area (Å²) in [7, 11) is 0. The van der Waals surface area contributed by atoms with Gasteiger partial charge in [-0.05, 0) is 109 Å². The highest BCUT2D eigenvalue weighted by Gasteiger charge is 2.51. The summed E-state index contributed by atoms with van der Waals surface area (Å²) < 4.78 is 6.61. The van der Waals surface area contributed by atoms with E-state index in [1.165, 1.54) is 270 Å². The van der Waals surface area contributed by atoms with Crippen molar-refractivity contribution in [2.45, 2.75) is 322 Å². The Morgan fingerprint density at radius 1 is 0.292 bits per heavy atom. The maximum Gasteiger partial charge on any atom is 0.0501 e. The Kier molecular flexibility index (Phi) is 25.1. The van der Waals surface area contributed by atoms with Gasteiger partial charge in [-0.25, -0.2) is 0 Å². The second kappa shape index (κ2) is 31.1. The van der Waals surface area contributed by atoms with Gasteiger partial charge in [-0.3, -0.25) is 0 Å². The molecule has 1 aromatic carbocycles. The predicted molar refractivity (Wildman–Crippen MR) is 332 cm³/mol. The molecule has 402 valence electrons. The number of hydrogen-bond donors (Lipinski definition) is 0. The summed E-state index contributed by atoms with van der Waals surface area (Å²) >= 11 is 8.89. The molecule has 0 amide bonds. The fraction of sp³-hybridized carbons (Fsp3) is 0.735. The van der Waals surface area contributed by atoms with Crippen LogP contribution in [0.25, 0.3) is 39.7 Å². The van der Waals surface area contributed by atoms with Crippen LogP contribution < -0.4 is 0 Å². The van der Waals surface area contributed by atoms with E-state index >= 15 is 0 Å². The van der Waals surface area contributed by atoms with E-state index in [2.05, 4.69) is 111 Å². The van der Waals surface area contributed by atoms with Gasteiger partial charge in [-0.2, -0.15) is 0 Å². The molecule has 0 radical (unpaired) electrons. The Balaban J connectivity index is 1.24. The van der Waals surface area contributed by atoms with Gasteiger partial charge in [0.2, 0.25) is 0 Å².